The number of halogens is 3. The Kier molecular flexibility index (Phi) is 7.26. The predicted octanol–water partition coefficient (Wildman–Crippen LogP) is 4.60. The van der Waals surface area contributed by atoms with Crippen LogP contribution in [0.5, 0.6) is 5.75 Å². The van der Waals surface area contributed by atoms with Crippen LogP contribution in [-0.4, -0.2) is 88.6 Å². The van der Waals surface area contributed by atoms with Gasteiger partial charge in [0.05, 0.1) is 6.61 Å². The minimum atomic E-state index is -4.44. The summed E-state index contributed by atoms with van der Waals surface area (Å²) < 4.78 is 55.9. The number of fused-ring (bicyclic) bond motifs is 2. The van der Waals surface area contributed by atoms with Crippen molar-refractivity contribution in [2.75, 3.05) is 40.9 Å². The number of nitrogens with zero attached hydrogens (tertiary/aromatic N) is 6. The number of aromatic nitrogens is 4. The summed E-state index contributed by atoms with van der Waals surface area (Å²) in [4.78, 5) is 8.27. The molecule has 5 rings (SSSR count). The highest BCUT2D eigenvalue weighted by atomic mass is 19.4. The van der Waals surface area contributed by atoms with Crippen LogP contribution in [0.1, 0.15) is 24.9 Å². The maximum Gasteiger partial charge on any atom is 0.408 e. The van der Waals surface area contributed by atoms with Crippen LogP contribution in [0, 0.1) is 0 Å². The van der Waals surface area contributed by atoms with Gasteiger partial charge in [-0.2, -0.15) is 13.2 Å². The van der Waals surface area contributed by atoms with E-state index in [-0.39, 0.29) is 17.7 Å². The molecule has 1 aliphatic rings. The summed E-state index contributed by atoms with van der Waals surface area (Å²) in [6, 6.07) is 10.7. The van der Waals surface area contributed by atoms with E-state index in [1.165, 1.54) is 17.2 Å². The van der Waals surface area contributed by atoms with E-state index in [9.17, 15) is 13.2 Å². The van der Waals surface area contributed by atoms with Crippen molar-refractivity contribution < 1.29 is 22.6 Å². The Hall–Kier alpha value is -3.28. The van der Waals surface area contributed by atoms with Crippen LogP contribution in [0.15, 0.2) is 48.7 Å². The van der Waals surface area contributed by atoms with Gasteiger partial charge in [0.15, 0.2) is 11.5 Å². The fraction of sp³-hybridized carbons (Fsp3) is 0.444. The fourth-order valence-electron chi connectivity index (χ4n) is 5.10. The number of ether oxygens (including phenoxy) is 2. The third-order valence-electron chi connectivity index (χ3n) is 6.98. The second-order valence-corrected chi connectivity index (χ2v) is 9.97. The molecule has 1 saturated heterocycles. The predicted molar refractivity (Wildman–Crippen MR) is 138 cm³/mol. The van der Waals surface area contributed by atoms with Crippen LogP contribution in [0.2, 0.25) is 0 Å². The van der Waals surface area contributed by atoms with Crippen LogP contribution in [0.25, 0.3) is 28.1 Å². The monoisotopic (exact) mass is 528 g/mol. The van der Waals surface area contributed by atoms with E-state index in [0.717, 1.165) is 5.39 Å². The fourth-order valence-corrected chi connectivity index (χ4v) is 5.10. The van der Waals surface area contributed by atoms with Gasteiger partial charge in [-0.1, -0.05) is 24.3 Å². The van der Waals surface area contributed by atoms with Crippen molar-refractivity contribution in [1.82, 2.24) is 29.4 Å². The number of hydrogen-bond acceptors (Lipinski definition) is 7. The van der Waals surface area contributed by atoms with Crippen LogP contribution in [0.4, 0.5) is 13.2 Å². The Labute approximate surface area is 219 Å². The molecule has 0 saturated carbocycles. The highest BCUT2D eigenvalue weighted by molar-refractivity contribution is 5.86. The van der Waals surface area contributed by atoms with E-state index in [0.29, 0.717) is 54.5 Å². The normalized spacial score (nSPS) is 18.5. The lowest BCUT2D eigenvalue weighted by Gasteiger charge is -2.30. The summed E-state index contributed by atoms with van der Waals surface area (Å²) in [5.41, 5.74) is 1.69. The van der Waals surface area contributed by atoms with E-state index in [4.69, 9.17) is 14.5 Å². The number of pyridine rings is 2. The van der Waals surface area contributed by atoms with E-state index in [1.807, 2.05) is 50.2 Å². The molecule has 0 N–H and O–H groups in total. The van der Waals surface area contributed by atoms with Gasteiger partial charge in [0.1, 0.15) is 29.1 Å². The van der Waals surface area contributed by atoms with Crippen molar-refractivity contribution >= 4 is 16.6 Å². The van der Waals surface area contributed by atoms with Crippen molar-refractivity contribution in [3.63, 3.8) is 0 Å². The Morgan fingerprint density at radius 2 is 1.92 bits per heavy atom. The van der Waals surface area contributed by atoms with E-state index >= 15 is 0 Å². The quantitative estimate of drug-likeness (QED) is 0.331. The maximum absolute atomic E-state index is 14.4. The molecule has 1 aliphatic heterocycles. The number of likely N-dealkylation sites (tertiary alicyclic amines) is 1. The first kappa shape index (κ1) is 26.3. The molecule has 38 heavy (non-hydrogen) atoms. The van der Waals surface area contributed by atoms with Crippen LogP contribution in [0.3, 0.4) is 0 Å². The molecule has 0 radical (unpaired) electrons. The minimum Gasteiger partial charge on any atom is -0.486 e. The second-order valence-electron chi connectivity index (χ2n) is 9.97. The Balaban J connectivity index is 1.54. The van der Waals surface area contributed by atoms with Gasteiger partial charge in [-0.15, -0.1) is 10.2 Å². The van der Waals surface area contributed by atoms with Crippen molar-refractivity contribution in [1.29, 1.82) is 0 Å². The topological polar surface area (TPSA) is 68.0 Å². The first-order valence-electron chi connectivity index (χ1n) is 12.5. The summed E-state index contributed by atoms with van der Waals surface area (Å²) in [7, 11) is 5.41. The molecule has 11 heteroatoms. The molecule has 0 amide bonds. The van der Waals surface area contributed by atoms with Crippen molar-refractivity contribution in [2.45, 2.75) is 37.7 Å². The van der Waals surface area contributed by atoms with Crippen LogP contribution >= 0.6 is 0 Å². The average Bonchev–Trinajstić information content (AvgIpc) is 3.51. The van der Waals surface area contributed by atoms with Crippen molar-refractivity contribution in [3.05, 3.63) is 54.2 Å². The van der Waals surface area contributed by atoms with Crippen LogP contribution < -0.4 is 4.74 Å². The van der Waals surface area contributed by atoms with Crippen molar-refractivity contribution in [2.24, 2.45) is 0 Å². The van der Waals surface area contributed by atoms with Gasteiger partial charge in [0.2, 0.25) is 0 Å². The van der Waals surface area contributed by atoms with Gasteiger partial charge >= 0.3 is 6.18 Å². The standard InChI is InChI=1S/C27H31F3N6O2/c1-17(16-37-4)38-22-7-5-6-18-8-10-21(31-24(18)22)26-33-32-23-11-9-19(14-36(23)26)25(27(28,29)30)35-13-12-20(15-35)34(2)3/h5-11,14,17,20,25H,12-13,15-16H2,1-4H3/t17-,20?,25-/m1/s1. The van der Waals surface area contributed by atoms with Gasteiger partial charge in [-0.3, -0.25) is 9.30 Å². The zero-order chi connectivity index (χ0) is 27.0. The molecule has 3 atom stereocenters. The molecular weight excluding hydrogens is 497 g/mol. The zero-order valence-corrected chi connectivity index (χ0v) is 21.8. The number of alkyl halides is 3. The van der Waals surface area contributed by atoms with Gasteiger partial charge in [-0.05, 0) is 51.2 Å². The summed E-state index contributed by atoms with van der Waals surface area (Å²) in [6.07, 6.45) is -2.45. The molecule has 1 aromatic carbocycles. The van der Waals surface area contributed by atoms with Crippen molar-refractivity contribution in [3.8, 4) is 17.3 Å². The molecule has 202 valence electrons. The molecule has 4 heterocycles. The third-order valence-corrected chi connectivity index (χ3v) is 6.98. The third kappa shape index (κ3) is 5.18. The number of methoxy groups -OCH3 is 1. The summed E-state index contributed by atoms with van der Waals surface area (Å²) in [6.45, 7) is 3.04. The first-order valence-corrected chi connectivity index (χ1v) is 12.5. The van der Waals surface area contributed by atoms with E-state index in [1.54, 1.807) is 23.6 Å². The number of para-hydroxylation sites is 1. The smallest absolute Gasteiger partial charge is 0.408 e. The molecule has 0 spiro atoms. The lowest BCUT2D eigenvalue weighted by Crippen LogP contribution is -2.39. The molecular formula is C27H31F3N6O2. The lowest BCUT2D eigenvalue weighted by atomic mass is 10.1. The van der Waals surface area contributed by atoms with Gasteiger partial charge in [-0.25, -0.2) is 4.98 Å². The first-order chi connectivity index (χ1) is 18.2. The van der Waals surface area contributed by atoms with Gasteiger partial charge in [0, 0.05) is 37.8 Å². The Morgan fingerprint density at radius 3 is 2.63 bits per heavy atom. The molecule has 1 fully saturated rings. The lowest BCUT2D eigenvalue weighted by molar-refractivity contribution is -0.184. The minimum absolute atomic E-state index is 0.0823. The summed E-state index contributed by atoms with van der Waals surface area (Å²) in [5, 5.41) is 9.33. The van der Waals surface area contributed by atoms with Crippen LogP contribution in [-0.2, 0) is 4.74 Å². The van der Waals surface area contributed by atoms with Gasteiger partial charge in [0.25, 0.3) is 0 Å². The number of hydrogen-bond donors (Lipinski definition) is 0. The number of benzene rings is 1. The molecule has 3 aromatic heterocycles. The average molecular weight is 529 g/mol. The van der Waals surface area contributed by atoms with Gasteiger partial charge < -0.3 is 14.4 Å². The maximum atomic E-state index is 14.4. The molecule has 1 unspecified atom stereocenters. The number of likely N-dealkylation sites (N-methyl/N-ethyl adjacent to an activating group) is 1. The molecule has 4 aromatic rings. The highest BCUT2D eigenvalue weighted by Gasteiger charge is 2.47. The molecule has 0 aliphatic carbocycles. The Morgan fingerprint density at radius 1 is 1.11 bits per heavy atom. The summed E-state index contributed by atoms with van der Waals surface area (Å²) in [5.74, 6) is 0.946. The SMILES string of the molecule is COC[C@@H](C)Oc1cccc2ccc(-c3nnc4ccc([C@@H](N5CCC(N(C)C)C5)C(F)(F)F)cn34)nc12. The number of rotatable bonds is 8. The largest absolute Gasteiger partial charge is 0.486 e. The molecule has 0 bridgehead atoms. The second kappa shape index (κ2) is 10.5. The summed E-state index contributed by atoms with van der Waals surface area (Å²) >= 11 is 0. The highest BCUT2D eigenvalue weighted by Crippen LogP contribution is 2.40. The molecule has 8 nitrogen and oxygen atoms in total. The van der Waals surface area contributed by atoms with E-state index in [2.05, 4.69) is 10.2 Å². The van der Waals surface area contributed by atoms with E-state index < -0.39 is 12.2 Å². The zero-order valence-electron chi connectivity index (χ0n) is 21.8. The Bertz CT molecular complexity index is 1420.